The number of hydrogen-bond donors (Lipinski definition) is 2. The first kappa shape index (κ1) is 12.8. The van der Waals surface area contributed by atoms with Gasteiger partial charge in [0, 0.05) is 25.1 Å². The van der Waals surface area contributed by atoms with Crippen molar-refractivity contribution in [2.45, 2.75) is 6.54 Å². The van der Waals surface area contributed by atoms with Crippen LogP contribution in [0.5, 0.6) is 5.88 Å². The summed E-state index contributed by atoms with van der Waals surface area (Å²) in [6.07, 6.45) is 4.98. The minimum Gasteiger partial charge on any atom is -0.480 e. The lowest BCUT2D eigenvalue weighted by atomic mass is 10.3. The summed E-state index contributed by atoms with van der Waals surface area (Å²) in [5, 5.41) is 5.40. The topological polar surface area (TPSA) is 76.1 Å². The normalized spacial score (nSPS) is 9.74. The molecule has 19 heavy (non-hydrogen) atoms. The fourth-order valence-corrected chi connectivity index (χ4v) is 1.50. The number of hydrogen-bond acceptors (Lipinski definition) is 4. The van der Waals surface area contributed by atoms with Crippen LogP contribution >= 0.6 is 0 Å². The maximum Gasteiger partial charge on any atom is 0.319 e. The van der Waals surface area contributed by atoms with E-state index in [1.807, 2.05) is 12.1 Å². The second-order valence-electron chi connectivity index (χ2n) is 3.73. The summed E-state index contributed by atoms with van der Waals surface area (Å²) in [6.45, 7) is 0.405. The molecule has 2 aromatic rings. The standard InChI is InChI=1S/C13H14N4O2/c1-19-12-11(5-3-7-15-12)17-13(18)16-9-10-4-2-6-14-8-10/h2-8H,9H2,1H3,(H2,16,17,18). The minimum absolute atomic E-state index is 0.324. The molecular formula is C13H14N4O2. The molecule has 6 heteroatoms. The average Bonchev–Trinajstić information content (AvgIpc) is 2.47. The molecule has 0 saturated carbocycles. The SMILES string of the molecule is COc1ncccc1NC(=O)NCc1cccnc1. The van der Waals surface area contributed by atoms with Crippen LogP contribution in [0.2, 0.25) is 0 Å². The van der Waals surface area contributed by atoms with E-state index in [1.54, 1.807) is 30.7 Å². The van der Waals surface area contributed by atoms with Crippen molar-refractivity contribution in [3.8, 4) is 5.88 Å². The van der Waals surface area contributed by atoms with Gasteiger partial charge in [0.1, 0.15) is 5.69 Å². The summed E-state index contributed by atoms with van der Waals surface area (Å²) in [5.74, 6) is 0.374. The Balaban J connectivity index is 1.91. The molecule has 2 aromatic heterocycles. The molecule has 2 heterocycles. The number of methoxy groups -OCH3 is 1. The van der Waals surface area contributed by atoms with Crippen LogP contribution in [-0.4, -0.2) is 23.1 Å². The van der Waals surface area contributed by atoms with Crippen molar-refractivity contribution < 1.29 is 9.53 Å². The van der Waals surface area contributed by atoms with Gasteiger partial charge in [0.05, 0.1) is 7.11 Å². The summed E-state index contributed by atoms with van der Waals surface area (Å²) in [6, 6.07) is 6.82. The molecule has 2 N–H and O–H groups in total. The van der Waals surface area contributed by atoms with Gasteiger partial charge in [-0.25, -0.2) is 9.78 Å². The number of rotatable bonds is 4. The van der Waals surface area contributed by atoms with Gasteiger partial charge in [-0.3, -0.25) is 4.98 Å². The molecule has 0 aliphatic heterocycles. The van der Waals surface area contributed by atoms with Crippen LogP contribution in [-0.2, 0) is 6.54 Å². The predicted octanol–water partition coefficient (Wildman–Crippen LogP) is 1.81. The third kappa shape index (κ3) is 3.67. The van der Waals surface area contributed by atoms with Gasteiger partial charge in [0.2, 0.25) is 5.88 Å². The summed E-state index contributed by atoms with van der Waals surface area (Å²) in [4.78, 5) is 19.7. The Morgan fingerprint density at radius 2 is 2.16 bits per heavy atom. The Morgan fingerprint density at radius 3 is 2.89 bits per heavy atom. The third-order valence-corrected chi connectivity index (χ3v) is 2.39. The lowest BCUT2D eigenvalue weighted by Crippen LogP contribution is -2.28. The van der Waals surface area contributed by atoms with E-state index < -0.39 is 0 Å². The van der Waals surface area contributed by atoms with E-state index in [-0.39, 0.29) is 6.03 Å². The highest BCUT2D eigenvalue weighted by atomic mass is 16.5. The van der Waals surface area contributed by atoms with Crippen molar-refractivity contribution in [1.82, 2.24) is 15.3 Å². The first-order valence-corrected chi connectivity index (χ1v) is 5.72. The fraction of sp³-hybridized carbons (Fsp3) is 0.154. The van der Waals surface area contributed by atoms with Crippen LogP contribution in [0.3, 0.4) is 0 Å². The number of nitrogens with one attached hydrogen (secondary N) is 2. The lowest BCUT2D eigenvalue weighted by molar-refractivity contribution is 0.251. The van der Waals surface area contributed by atoms with Crippen LogP contribution in [0.15, 0.2) is 42.9 Å². The van der Waals surface area contributed by atoms with Gasteiger partial charge in [-0.2, -0.15) is 0 Å². The van der Waals surface area contributed by atoms with Crippen molar-refractivity contribution in [1.29, 1.82) is 0 Å². The molecule has 98 valence electrons. The van der Waals surface area contributed by atoms with Crippen LogP contribution in [0, 0.1) is 0 Å². The van der Waals surface area contributed by atoms with E-state index in [0.717, 1.165) is 5.56 Å². The fourth-order valence-electron chi connectivity index (χ4n) is 1.50. The minimum atomic E-state index is -0.324. The summed E-state index contributed by atoms with van der Waals surface area (Å²) >= 11 is 0. The molecule has 0 saturated heterocycles. The maximum absolute atomic E-state index is 11.7. The van der Waals surface area contributed by atoms with E-state index >= 15 is 0 Å². The van der Waals surface area contributed by atoms with Crippen LogP contribution < -0.4 is 15.4 Å². The zero-order valence-corrected chi connectivity index (χ0v) is 10.5. The Bertz CT molecular complexity index is 545. The number of carbonyl (C=O) groups is 1. The molecule has 0 aliphatic rings. The highest BCUT2D eigenvalue weighted by Crippen LogP contribution is 2.19. The molecule has 0 aromatic carbocycles. The van der Waals surface area contributed by atoms with Crippen molar-refractivity contribution >= 4 is 11.7 Å². The number of urea groups is 1. The zero-order chi connectivity index (χ0) is 13.5. The molecule has 0 aliphatic carbocycles. The number of nitrogens with zero attached hydrogens (tertiary/aromatic N) is 2. The Kier molecular flexibility index (Phi) is 4.28. The van der Waals surface area contributed by atoms with Crippen molar-refractivity contribution in [3.63, 3.8) is 0 Å². The average molecular weight is 258 g/mol. The third-order valence-electron chi connectivity index (χ3n) is 2.39. The lowest BCUT2D eigenvalue weighted by Gasteiger charge is -2.09. The molecule has 0 fully saturated rings. The quantitative estimate of drug-likeness (QED) is 0.876. The smallest absolute Gasteiger partial charge is 0.319 e. The highest BCUT2D eigenvalue weighted by Gasteiger charge is 2.07. The number of ether oxygens (including phenoxy) is 1. The zero-order valence-electron chi connectivity index (χ0n) is 10.5. The van der Waals surface area contributed by atoms with E-state index in [1.165, 1.54) is 7.11 Å². The van der Waals surface area contributed by atoms with E-state index in [2.05, 4.69) is 20.6 Å². The number of aromatic nitrogens is 2. The number of carbonyl (C=O) groups excluding carboxylic acids is 1. The van der Waals surface area contributed by atoms with Gasteiger partial charge in [-0.1, -0.05) is 6.07 Å². The molecule has 0 bridgehead atoms. The van der Waals surface area contributed by atoms with Crippen LogP contribution in [0.4, 0.5) is 10.5 Å². The van der Waals surface area contributed by atoms with Gasteiger partial charge in [0.25, 0.3) is 0 Å². The van der Waals surface area contributed by atoms with Crippen molar-refractivity contribution in [2.24, 2.45) is 0 Å². The Morgan fingerprint density at radius 1 is 1.32 bits per heavy atom. The molecule has 0 atom stereocenters. The largest absolute Gasteiger partial charge is 0.480 e. The second kappa shape index (κ2) is 6.34. The maximum atomic E-state index is 11.7. The molecule has 0 unspecified atom stereocenters. The van der Waals surface area contributed by atoms with Gasteiger partial charge in [0.15, 0.2) is 0 Å². The van der Waals surface area contributed by atoms with E-state index in [9.17, 15) is 4.79 Å². The van der Waals surface area contributed by atoms with Gasteiger partial charge < -0.3 is 15.4 Å². The number of amides is 2. The second-order valence-corrected chi connectivity index (χ2v) is 3.73. The molecule has 2 rings (SSSR count). The van der Waals surface area contributed by atoms with Crippen LogP contribution in [0.25, 0.3) is 0 Å². The summed E-state index contributed by atoms with van der Waals surface area (Å²) in [7, 11) is 1.50. The highest BCUT2D eigenvalue weighted by molar-refractivity contribution is 5.90. The van der Waals surface area contributed by atoms with Gasteiger partial charge in [-0.05, 0) is 23.8 Å². The molecule has 0 spiro atoms. The van der Waals surface area contributed by atoms with E-state index in [0.29, 0.717) is 18.1 Å². The first-order chi connectivity index (χ1) is 9.29. The van der Waals surface area contributed by atoms with E-state index in [4.69, 9.17) is 4.74 Å². The monoisotopic (exact) mass is 258 g/mol. The predicted molar refractivity (Wildman–Crippen MR) is 70.9 cm³/mol. The van der Waals surface area contributed by atoms with Crippen molar-refractivity contribution in [2.75, 3.05) is 12.4 Å². The summed E-state index contributed by atoms with van der Waals surface area (Å²) in [5.41, 5.74) is 1.45. The molecule has 0 radical (unpaired) electrons. The number of pyridine rings is 2. The van der Waals surface area contributed by atoms with Gasteiger partial charge in [-0.15, -0.1) is 0 Å². The van der Waals surface area contributed by atoms with Gasteiger partial charge >= 0.3 is 6.03 Å². The Labute approximate surface area is 110 Å². The Hall–Kier alpha value is -2.63. The van der Waals surface area contributed by atoms with Crippen LogP contribution in [0.1, 0.15) is 5.56 Å². The molecular weight excluding hydrogens is 244 g/mol. The summed E-state index contributed by atoms with van der Waals surface area (Å²) < 4.78 is 5.05. The number of anilines is 1. The first-order valence-electron chi connectivity index (χ1n) is 5.72. The van der Waals surface area contributed by atoms with Crippen molar-refractivity contribution in [3.05, 3.63) is 48.4 Å². The molecule has 2 amide bonds. The molecule has 6 nitrogen and oxygen atoms in total.